The van der Waals surface area contributed by atoms with Gasteiger partial charge in [0.1, 0.15) is 42.7 Å². The number of fused-ring (bicyclic) bond motifs is 7. The molecule has 12 nitrogen and oxygen atoms in total. The molecule has 0 aromatic rings. The van der Waals surface area contributed by atoms with E-state index in [0.29, 0.717) is 36.0 Å². The largest absolute Gasteiger partial charge is 0.394 e. The molecule has 4 aliphatic heterocycles. The molecule has 0 radical (unpaired) electrons. The fraction of sp³-hybridized carbons (Fsp3) is 0.950. The summed E-state index contributed by atoms with van der Waals surface area (Å²) < 4.78 is 37.8. The summed E-state index contributed by atoms with van der Waals surface area (Å²) in [5.74, 6) is 2.15. The van der Waals surface area contributed by atoms with Crippen LogP contribution >= 0.6 is 0 Å². The van der Waals surface area contributed by atoms with E-state index in [4.69, 9.17) is 28.4 Å². The fourth-order valence-corrected chi connectivity index (χ4v) is 13.2. The highest BCUT2D eigenvalue weighted by molar-refractivity contribution is 5.29. The van der Waals surface area contributed by atoms with Gasteiger partial charge in [0.05, 0.1) is 31.5 Å². The van der Waals surface area contributed by atoms with E-state index in [1.807, 2.05) is 0 Å². The quantitative estimate of drug-likeness (QED) is 0.228. The maximum absolute atomic E-state index is 11.2. The van der Waals surface area contributed by atoms with Gasteiger partial charge in [0.2, 0.25) is 0 Å². The number of aliphatic hydroxyl groups is 6. The van der Waals surface area contributed by atoms with Crippen LogP contribution in [0.5, 0.6) is 0 Å². The monoisotopic (exact) mass is 736 g/mol. The zero-order chi connectivity index (χ0) is 37.1. The topological polar surface area (TPSA) is 177 Å². The lowest BCUT2D eigenvalue weighted by Gasteiger charge is -2.63. The van der Waals surface area contributed by atoms with Gasteiger partial charge in [0.25, 0.3) is 0 Å². The third kappa shape index (κ3) is 5.67. The molecule has 12 heteroatoms. The van der Waals surface area contributed by atoms with Crippen molar-refractivity contribution in [3.8, 4) is 0 Å². The van der Waals surface area contributed by atoms with E-state index >= 15 is 0 Å². The normalized spacial score (nSPS) is 58.9. The van der Waals surface area contributed by atoms with Crippen LogP contribution in [0.1, 0.15) is 99.3 Å². The summed E-state index contributed by atoms with van der Waals surface area (Å²) >= 11 is 0. The third-order valence-corrected chi connectivity index (χ3v) is 16.1. The smallest absolute Gasteiger partial charge is 0.187 e. The molecule has 52 heavy (non-hydrogen) atoms. The van der Waals surface area contributed by atoms with Crippen molar-refractivity contribution in [1.82, 2.24) is 0 Å². The summed E-state index contributed by atoms with van der Waals surface area (Å²) in [5, 5.41) is 63.0. The number of rotatable bonds is 5. The molecule has 6 N–H and O–H groups in total. The number of hydrogen-bond acceptors (Lipinski definition) is 12. The maximum Gasteiger partial charge on any atom is 0.187 e. The molecular formula is C40H64O12. The van der Waals surface area contributed by atoms with Gasteiger partial charge in [-0.2, -0.15) is 0 Å². The Morgan fingerprint density at radius 2 is 1.56 bits per heavy atom. The van der Waals surface area contributed by atoms with Crippen molar-refractivity contribution < 1.29 is 59.1 Å². The first-order valence-corrected chi connectivity index (χ1v) is 20.2. The van der Waals surface area contributed by atoms with Gasteiger partial charge in [0, 0.05) is 12.3 Å². The lowest BCUT2D eigenvalue weighted by molar-refractivity contribution is -0.369. The summed E-state index contributed by atoms with van der Waals surface area (Å²) in [6.07, 6.45) is -1.89. The summed E-state index contributed by atoms with van der Waals surface area (Å²) in [4.78, 5) is 0. The summed E-state index contributed by atoms with van der Waals surface area (Å²) in [7, 11) is 0. The van der Waals surface area contributed by atoms with Crippen LogP contribution < -0.4 is 0 Å². The van der Waals surface area contributed by atoms with E-state index in [2.05, 4.69) is 40.7 Å². The first-order chi connectivity index (χ1) is 24.6. The Labute approximate surface area is 308 Å². The van der Waals surface area contributed by atoms with Crippen LogP contribution in [0.4, 0.5) is 0 Å². The Morgan fingerprint density at radius 1 is 0.788 bits per heavy atom. The van der Waals surface area contributed by atoms with Crippen LogP contribution in [0.25, 0.3) is 0 Å². The second kappa shape index (κ2) is 13.4. The Hall–Kier alpha value is -0.740. The lowest BCUT2D eigenvalue weighted by Crippen LogP contribution is -2.64. The van der Waals surface area contributed by atoms with E-state index in [1.54, 1.807) is 0 Å². The summed E-state index contributed by atoms with van der Waals surface area (Å²) in [6, 6.07) is 0. The van der Waals surface area contributed by atoms with Crippen LogP contribution in [0.3, 0.4) is 0 Å². The van der Waals surface area contributed by atoms with Crippen molar-refractivity contribution in [3.05, 3.63) is 11.6 Å². The minimum Gasteiger partial charge on any atom is -0.394 e. The molecule has 0 aromatic heterocycles. The molecule has 4 saturated heterocycles. The van der Waals surface area contributed by atoms with Gasteiger partial charge in [-0.15, -0.1) is 0 Å². The second-order valence-electron chi connectivity index (χ2n) is 19.0. The molecule has 0 aromatic carbocycles. The van der Waals surface area contributed by atoms with Crippen molar-refractivity contribution >= 4 is 0 Å². The Morgan fingerprint density at radius 3 is 2.27 bits per heavy atom. The van der Waals surface area contributed by atoms with Crippen LogP contribution in [0, 0.1) is 45.8 Å². The van der Waals surface area contributed by atoms with Gasteiger partial charge in [0.15, 0.2) is 18.4 Å². The van der Waals surface area contributed by atoms with Crippen molar-refractivity contribution in [2.45, 2.75) is 179 Å². The van der Waals surface area contributed by atoms with Gasteiger partial charge in [-0.1, -0.05) is 46.3 Å². The van der Waals surface area contributed by atoms with Crippen LogP contribution in [-0.2, 0) is 28.4 Å². The van der Waals surface area contributed by atoms with E-state index in [-0.39, 0.29) is 28.5 Å². The van der Waals surface area contributed by atoms with Crippen LogP contribution in [0.15, 0.2) is 11.6 Å². The number of allylic oxidation sites excluding steroid dienone is 1. The zero-order valence-electron chi connectivity index (χ0n) is 31.8. The molecule has 296 valence electrons. The van der Waals surface area contributed by atoms with Crippen LogP contribution in [0.2, 0.25) is 0 Å². The van der Waals surface area contributed by atoms with Gasteiger partial charge in [-0.3, -0.25) is 0 Å². The molecule has 1 spiro atoms. The highest BCUT2D eigenvalue weighted by atomic mass is 16.8. The predicted molar refractivity (Wildman–Crippen MR) is 186 cm³/mol. The second-order valence-corrected chi connectivity index (χ2v) is 19.0. The highest BCUT2D eigenvalue weighted by Gasteiger charge is 2.71. The summed E-state index contributed by atoms with van der Waals surface area (Å²) in [6.45, 7) is 14.0. The Balaban J connectivity index is 0.984. The summed E-state index contributed by atoms with van der Waals surface area (Å²) in [5.41, 5.74) is 1.77. The van der Waals surface area contributed by atoms with Gasteiger partial charge in [-0.05, 0) is 98.2 Å². The van der Waals surface area contributed by atoms with E-state index in [9.17, 15) is 30.6 Å². The fourth-order valence-electron chi connectivity index (χ4n) is 13.2. The number of hydrogen-bond donors (Lipinski definition) is 6. The van der Waals surface area contributed by atoms with Gasteiger partial charge >= 0.3 is 0 Å². The average molecular weight is 737 g/mol. The molecule has 0 amide bonds. The van der Waals surface area contributed by atoms with Crippen molar-refractivity contribution in [1.29, 1.82) is 0 Å². The standard InChI is InChI=1S/C40H64O12/c1-19-7-14-40(47-18-19)20(2)28-24(52-40)16-27-38(5)11-8-22-15-23(9-12-37(22,4)26(38)10-13-39(27,28)6)49-36-34(32(45)30(43)25(17-41)50-36)51-35-33(46)31(44)29(42)21(3)48-35/h8,19-21,23-36,41-46H,7,9-18H2,1-6H3/t19-,20-,21-,23-,24+,25+,26+,27-,28-,29-,30-,31-,32-,33+,34+,35+,36+,37+,38+,39+,40-/m1/s1. The Bertz CT molecular complexity index is 1350. The molecule has 4 aliphatic carbocycles. The highest BCUT2D eigenvalue weighted by Crippen LogP contribution is 2.74. The van der Waals surface area contributed by atoms with Crippen LogP contribution in [-0.4, -0.2) is 123 Å². The molecule has 7 fully saturated rings. The minimum absolute atomic E-state index is 0.0159. The SMILES string of the molecule is C[C@@H]1CC[C@@]2(OC1)O[C@H]1C[C@H]3[C@](C)(CC[C@@H]4[C@]3(C)CC=C3C[C@H](O[C@H]5O[C@@H](CO)[C@@H](O)[C@@H](O)[C@@H]5O[C@@H]5O[C@H](C)[C@@H](O)[C@@H](O)[C@@H]5O)CC[C@@]34C)[C@@H]1[C@H]2C. The third-order valence-electron chi connectivity index (χ3n) is 16.1. The zero-order valence-corrected chi connectivity index (χ0v) is 31.8. The average Bonchev–Trinajstić information content (AvgIpc) is 3.57. The molecule has 0 bridgehead atoms. The van der Waals surface area contributed by atoms with E-state index in [0.717, 1.165) is 45.1 Å². The molecule has 4 heterocycles. The van der Waals surface area contributed by atoms with E-state index < -0.39 is 73.8 Å². The predicted octanol–water partition coefficient (Wildman–Crippen LogP) is 2.78. The molecule has 3 saturated carbocycles. The maximum atomic E-state index is 11.2. The molecule has 8 rings (SSSR count). The Kier molecular flexibility index (Phi) is 9.86. The molecule has 8 aliphatic rings. The number of ether oxygens (including phenoxy) is 6. The molecule has 0 unspecified atom stereocenters. The van der Waals surface area contributed by atoms with Gasteiger partial charge in [-0.25, -0.2) is 0 Å². The van der Waals surface area contributed by atoms with E-state index in [1.165, 1.54) is 25.3 Å². The first kappa shape index (κ1) is 38.1. The first-order valence-electron chi connectivity index (χ1n) is 20.2. The molecular weight excluding hydrogens is 672 g/mol. The van der Waals surface area contributed by atoms with Crippen molar-refractivity contribution in [2.75, 3.05) is 13.2 Å². The minimum atomic E-state index is -1.61. The molecule has 21 atom stereocenters. The number of aliphatic hydroxyl groups excluding tert-OH is 6. The van der Waals surface area contributed by atoms with Crippen molar-refractivity contribution in [2.24, 2.45) is 45.8 Å². The van der Waals surface area contributed by atoms with Gasteiger partial charge < -0.3 is 59.1 Å². The lowest BCUT2D eigenvalue weighted by atomic mass is 9.41. The van der Waals surface area contributed by atoms with Crippen molar-refractivity contribution in [3.63, 3.8) is 0 Å².